The summed E-state index contributed by atoms with van der Waals surface area (Å²) in [7, 11) is 0. The number of carbonyl (C=O) groups excluding carboxylic acids is 2. The Hall–Kier alpha value is -0.100. The van der Waals surface area contributed by atoms with Crippen molar-refractivity contribution in [1.29, 1.82) is 0 Å². The second-order valence-corrected chi connectivity index (χ2v) is 6.54. The molecule has 4 nitrogen and oxygen atoms in total. The highest BCUT2D eigenvalue weighted by Crippen LogP contribution is 2.05. The first-order chi connectivity index (χ1) is 7.41. The van der Waals surface area contributed by atoms with E-state index >= 15 is 0 Å². The third-order valence-electron chi connectivity index (χ3n) is 1.51. The molecule has 0 rings (SSSR count). The van der Waals surface area contributed by atoms with Gasteiger partial charge in [0.25, 0.3) is 0 Å². The Morgan fingerprint density at radius 3 is 1.50 bits per heavy atom. The van der Waals surface area contributed by atoms with Crippen molar-refractivity contribution in [1.82, 2.24) is 0 Å². The molecular weight excluding hydrogens is 344 g/mol. The van der Waals surface area contributed by atoms with Crippen molar-refractivity contribution in [3.63, 3.8) is 0 Å². The zero-order valence-electron chi connectivity index (χ0n) is 9.37. The van der Waals surface area contributed by atoms with E-state index in [1.54, 1.807) is 0 Å². The quantitative estimate of drug-likeness (QED) is 0.398. The van der Waals surface area contributed by atoms with Gasteiger partial charge in [-0.3, -0.25) is 9.59 Å². The maximum atomic E-state index is 11.1. The Morgan fingerprint density at radius 1 is 0.938 bits per heavy atom. The van der Waals surface area contributed by atoms with Crippen LogP contribution in [-0.4, -0.2) is 34.8 Å². The smallest absolute Gasteiger partial charge is 0.307 e. The molecule has 0 aromatic rings. The van der Waals surface area contributed by atoms with Gasteiger partial charge in [-0.05, 0) is 0 Å². The summed E-state index contributed by atoms with van der Waals surface area (Å²) in [6.07, 6.45) is 0.624. The number of halogens is 2. The molecule has 0 bridgehead atoms. The Kier molecular flexibility index (Phi) is 8.93. The maximum Gasteiger partial charge on any atom is 0.307 e. The largest absolute Gasteiger partial charge is 0.462 e. The summed E-state index contributed by atoms with van der Waals surface area (Å²) >= 11 is 6.49. The zero-order chi connectivity index (χ0) is 12.6. The van der Waals surface area contributed by atoms with E-state index in [1.807, 2.05) is 13.8 Å². The van der Waals surface area contributed by atoms with Crippen LogP contribution in [0.1, 0.15) is 26.7 Å². The fourth-order valence-corrected chi connectivity index (χ4v) is 1.42. The van der Waals surface area contributed by atoms with E-state index in [4.69, 9.17) is 9.47 Å². The number of rotatable bonds is 7. The lowest BCUT2D eigenvalue weighted by Crippen LogP contribution is -2.16. The molecule has 0 radical (unpaired) electrons. The molecule has 0 heterocycles. The highest BCUT2D eigenvalue weighted by molar-refractivity contribution is 9.09. The van der Waals surface area contributed by atoms with Crippen molar-refractivity contribution in [2.45, 2.75) is 36.3 Å². The molecule has 2 unspecified atom stereocenters. The maximum absolute atomic E-state index is 11.1. The second kappa shape index (κ2) is 8.98. The van der Waals surface area contributed by atoms with Crippen molar-refractivity contribution in [2.24, 2.45) is 0 Å². The summed E-state index contributed by atoms with van der Waals surface area (Å²) in [5.74, 6) is -0.594. The molecule has 0 aromatic carbocycles. The van der Waals surface area contributed by atoms with Crippen LogP contribution in [-0.2, 0) is 19.1 Å². The minimum absolute atomic E-state index is 0.0943. The van der Waals surface area contributed by atoms with Gasteiger partial charge in [-0.1, -0.05) is 45.7 Å². The molecule has 0 amide bonds. The van der Waals surface area contributed by atoms with Crippen LogP contribution in [0, 0.1) is 0 Å². The fraction of sp³-hybridized carbons (Fsp3) is 0.800. The van der Waals surface area contributed by atoms with Gasteiger partial charge < -0.3 is 9.47 Å². The summed E-state index contributed by atoms with van der Waals surface area (Å²) < 4.78 is 9.70. The van der Waals surface area contributed by atoms with E-state index in [0.29, 0.717) is 12.8 Å². The lowest BCUT2D eigenvalue weighted by molar-refractivity contribution is -0.152. The summed E-state index contributed by atoms with van der Waals surface area (Å²) in [5.41, 5.74) is 0. The number of alkyl halides is 2. The number of esters is 2. The van der Waals surface area contributed by atoms with Gasteiger partial charge in [-0.25, -0.2) is 0 Å². The summed E-state index contributed by atoms with van der Waals surface area (Å²) in [6, 6.07) is 0. The van der Waals surface area contributed by atoms with E-state index in [2.05, 4.69) is 31.9 Å². The number of carbonyl (C=O) groups is 2. The summed E-state index contributed by atoms with van der Waals surface area (Å²) in [4.78, 5) is 22.3. The number of hydrogen-bond donors (Lipinski definition) is 0. The van der Waals surface area contributed by atoms with Crippen molar-refractivity contribution < 1.29 is 19.1 Å². The van der Waals surface area contributed by atoms with Gasteiger partial charge in [0.15, 0.2) is 0 Å². The predicted octanol–water partition coefficient (Wildman–Crippen LogP) is 2.42. The van der Waals surface area contributed by atoms with E-state index in [1.165, 1.54) is 0 Å². The lowest BCUT2D eigenvalue weighted by Gasteiger charge is -2.07. The van der Waals surface area contributed by atoms with E-state index in [0.717, 1.165) is 0 Å². The Morgan fingerprint density at radius 2 is 1.25 bits per heavy atom. The Labute approximate surface area is 112 Å². The van der Waals surface area contributed by atoms with Crippen molar-refractivity contribution in [3.8, 4) is 0 Å². The highest BCUT2D eigenvalue weighted by Gasteiger charge is 2.09. The topological polar surface area (TPSA) is 52.6 Å². The Bertz CT molecular complexity index is 205. The minimum atomic E-state index is -0.297. The van der Waals surface area contributed by atoms with Crippen LogP contribution in [0.25, 0.3) is 0 Å². The van der Waals surface area contributed by atoms with Crippen LogP contribution in [0.2, 0.25) is 0 Å². The molecule has 0 aliphatic carbocycles. The SMILES string of the molecule is CC(Br)CC(=O)OCCOC(=O)CC(C)Br. The van der Waals surface area contributed by atoms with E-state index < -0.39 is 0 Å². The molecule has 0 spiro atoms. The molecule has 0 aliphatic rings. The van der Waals surface area contributed by atoms with Gasteiger partial charge in [0.05, 0.1) is 12.8 Å². The molecule has 6 heteroatoms. The molecule has 0 saturated heterocycles. The van der Waals surface area contributed by atoms with Crippen LogP contribution in [0.3, 0.4) is 0 Å². The van der Waals surface area contributed by atoms with Gasteiger partial charge in [0, 0.05) is 9.65 Å². The van der Waals surface area contributed by atoms with Crippen LogP contribution < -0.4 is 0 Å². The molecule has 0 saturated carbocycles. The van der Waals surface area contributed by atoms with E-state index in [9.17, 15) is 9.59 Å². The van der Waals surface area contributed by atoms with Crippen LogP contribution in [0.4, 0.5) is 0 Å². The Balaban J connectivity index is 3.46. The highest BCUT2D eigenvalue weighted by atomic mass is 79.9. The first-order valence-electron chi connectivity index (χ1n) is 5.01. The lowest BCUT2D eigenvalue weighted by atomic mass is 10.3. The molecule has 0 fully saturated rings. The normalized spacial score (nSPS) is 14.0. The molecule has 0 aromatic heterocycles. The molecule has 16 heavy (non-hydrogen) atoms. The fourth-order valence-electron chi connectivity index (χ4n) is 0.888. The van der Waals surface area contributed by atoms with Gasteiger partial charge in [0.1, 0.15) is 13.2 Å². The molecule has 0 N–H and O–H groups in total. The standard InChI is InChI=1S/C10H16Br2O4/c1-7(11)5-9(13)15-3-4-16-10(14)6-8(2)12/h7-8H,3-6H2,1-2H3. The number of ether oxygens (including phenoxy) is 2. The van der Waals surface area contributed by atoms with Crippen molar-refractivity contribution >= 4 is 43.8 Å². The van der Waals surface area contributed by atoms with Crippen LogP contribution in [0.5, 0.6) is 0 Å². The molecular formula is C10H16Br2O4. The van der Waals surface area contributed by atoms with Gasteiger partial charge in [-0.15, -0.1) is 0 Å². The van der Waals surface area contributed by atoms with Crippen LogP contribution >= 0.6 is 31.9 Å². The molecule has 0 aliphatic heterocycles. The first-order valence-corrected chi connectivity index (χ1v) is 6.84. The van der Waals surface area contributed by atoms with Crippen LogP contribution in [0.15, 0.2) is 0 Å². The van der Waals surface area contributed by atoms with Crippen molar-refractivity contribution in [3.05, 3.63) is 0 Å². The minimum Gasteiger partial charge on any atom is -0.462 e. The van der Waals surface area contributed by atoms with Gasteiger partial charge >= 0.3 is 11.9 Å². The first kappa shape index (κ1) is 15.9. The zero-order valence-corrected chi connectivity index (χ0v) is 12.5. The van der Waals surface area contributed by atoms with E-state index in [-0.39, 0.29) is 34.8 Å². The average molecular weight is 360 g/mol. The third-order valence-corrected chi connectivity index (χ3v) is 2.15. The third kappa shape index (κ3) is 10.4. The average Bonchev–Trinajstić information content (AvgIpc) is 2.10. The predicted molar refractivity (Wildman–Crippen MR) is 67.9 cm³/mol. The number of hydrogen-bond acceptors (Lipinski definition) is 4. The summed E-state index contributed by atoms with van der Waals surface area (Å²) in [5, 5.41) is 0. The van der Waals surface area contributed by atoms with Gasteiger partial charge in [0.2, 0.25) is 0 Å². The van der Waals surface area contributed by atoms with Gasteiger partial charge in [-0.2, -0.15) is 0 Å². The molecule has 2 atom stereocenters. The monoisotopic (exact) mass is 358 g/mol. The second-order valence-electron chi connectivity index (χ2n) is 3.41. The molecule has 94 valence electrons. The summed E-state index contributed by atoms with van der Waals surface area (Å²) in [6.45, 7) is 3.94. The van der Waals surface area contributed by atoms with Crippen molar-refractivity contribution in [2.75, 3.05) is 13.2 Å².